The van der Waals surface area contributed by atoms with Crippen molar-refractivity contribution in [3.63, 3.8) is 0 Å². The Kier molecular flexibility index (Phi) is 8.19. The van der Waals surface area contributed by atoms with Crippen molar-refractivity contribution in [3.05, 3.63) is 76.7 Å². The van der Waals surface area contributed by atoms with Crippen LogP contribution in [0.3, 0.4) is 0 Å². The highest BCUT2D eigenvalue weighted by Gasteiger charge is 2.23. The van der Waals surface area contributed by atoms with E-state index in [0.717, 1.165) is 17.5 Å². The summed E-state index contributed by atoms with van der Waals surface area (Å²) < 4.78 is 52.8. The number of hydrogen-bond acceptors (Lipinski definition) is 4. The molecule has 2 aromatic carbocycles. The summed E-state index contributed by atoms with van der Waals surface area (Å²) in [5, 5.41) is 5.69. The van der Waals surface area contributed by atoms with Gasteiger partial charge in [0.2, 0.25) is 21.8 Å². The molecule has 0 aromatic heterocycles. The smallest absolute Gasteiger partial charge is 0.246 e. The number of nitrogens with one attached hydrogen (secondary N) is 3. The van der Waals surface area contributed by atoms with Gasteiger partial charge >= 0.3 is 0 Å². The molecule has 0 fully saturated rings. The lowest BCUT2D eigenvalue weighted by molar-refractivity contribution is -0.128. The Bertz CT molecular complexity index is 1030. The van der Waals surface area contributed by atoms with Gasteiger partial charge in [0.1, 0.15) is 6.04 Å². The Morgan fingerprint density at radius 3 is 2.40 bits per heavy atom. The number of rotatable bonds is 9. The van der Waals surface area contributed by atoms with Crippen LogP contribution in [0, 0.1) is 11.6 Å². The monoisotopic (exact) mass is 437 g/mol. The van der Waals surface area contributed by atoms with Crippen LogP contribution in [0.5, 0.6) is 0 Å². The van der Waals surface area contributed by atoms with Crippen molar-refractivity contribution in [3.8, 4) is 0 Å². The van der Waals surface area contributed by atoms with E-state index in [1.165, 1.54) is 19.2 Å². The van der Waals surface area contributed by atoms with Gasteiger partial charge in [-0.15, -0.1) is 0 Å². The number of amides is 2. The second-order valence-corrected chi connectivity index (χ2v) is 7.84. The van der Waals surface area contributed by atoms with Gasteiger partial charge in [-0.05, 0) is 29.3 Å². The molecule has 10 heteroatoms. The fourth-order valence-electron chi connectivity index (χ4n) is 2.46. The molecule has 0 spiro atoms. The summed E-state index contributed by atoms with van der Waals surface area (Å²) in [6, 6.07) is 10.4. The summed E-state index contributed by atoms with van der Waals surface area (Å²) >= 11 is 0. The van der Waals surface area contributed by atoms with E-state index >= 15 is 0 Å². The third kappa shape index (κ3) is 7.05. The van der Waals surface area contributed by atoms with Gasteiger partial charge in [-0.1, -0.05) is 36.4 Å². The molecular weight excluding hydrogens is 416 g/mol. The van der Waals surface area contributed by atoms with Crippen LogP contribution < -0.4 is 15.4 Å². The molecule has 7 nitrogen and oxygen atoms in total. The maximum Gasteiger partial charge on any atom is 0.246 e. The van der Waals surface area contributed by atoms with Gasteiger partial charge in [0.15, 0.2) is 11.6 Å². The summed E-state index contributed by atoms with van der Waals surface area (Å²) in [5.74, 6) is -3.53. The largest absolute Gasteiger partial charge is 0.357 e. The van der Waals surface area contributed by atoms with Crippen molar-refractivity contribution in [2.45, 2.75) is 12.5 Å². The molecule has 160 valence electrons. The molecule has 1 unspecified atom stereocenters. The van der Waals surface area contributed by atoms with Crippen molar-refractivity contribution in [1.29, 1.82) is 0 Å². The Morgan fingerprint density at radius 2 is 1.77 bits per heavy atom. The molecule has 2 amide bonds. The summed E-state index contributed by atoms with van der Waals surface area (Å²) in [5.41, 5.74) is 0.744. The van der Waals surface area contributed by atoms with Crippen LogP contribution in [0.4, 0.5) is 8.78 Å². The number of hydrogen-bond donors (Lipinski definition) is 3. The lowest BCUT2D eigenvalue weighted by atomic mass is 10.1. The topological polar surface area (TPSA) is 104 Å². The Hall–Kier alpha value is -3.11. The second-order valence-electron chi connectivity index (χ2n) is 6.19. The fourth-order valence-corrected chi connectivity index (χ4v) is 3.28. The average Bonchev–Trinajstić information content (AvgIpc) is 2.73. The molecule has 0 saturated carbocycles. The highest BCUT2D eigenvalue weighted by molar-refractivity contribution is 7.92. The van der Waals surface area contributed by atoms with Gasteiger partial charge in [-0.25, -0.2) is 21.9 Å². The van der Waals surface area contributed by atoms with Crippen LogP contribution in [-0.4, -0.2) is 33.8 Å². The molecule has 2 rings (SSSR count). The Balaban J connectivity index is 1.94. The molecule has 1 atom stereocenters. The molecule has 0 aliphatic rings. The first-order valence-electron chi connectivity index (χ1n) is 8.90. The van der Waals surface area contributed by atoms with Gasteiger partial charge in [-0.3, -0.25) is 9.59 Å². The minimum Gasteiger partial charge on any atom is -0.357 e. The second kappa shape index (κ2) is 10.6. The Labute approximate surface area is 173 Å². The molecule has 30 heavy (non-hydrogen) atoms. The number of carbonyl (C=O) groups is 2. The molecule has 3 N–H and O–H groups in total. The Morgan fingerprint density at radius 1 is 1.07 bits per heavy atom. The van der Waals surface area contributed by atoms with Crippen LogP contribution in [0.2, 0.25) is 0 Å². The SMILES string of the molecule is CNC(=O)C(NC(=O)CCNS(=O)(=O)/C=C/c1ccccc1)c1ccc(F)c(F)c1. The summed E-state index contributed by atoms with van der Waals surface area (Å²) in [7, 11) is -2.44. The maximum atomic E-state index is 13.5. The van der Waals surface area contributed by atoms with E-state index in [1.807, 2.05) is 0 Å². The summed E-state index contributed by atoms with van der Waals surface area (Å²) in [6.45, 7) is -0.217. The average molecular weight is 437 g/mol. The van der Waals surface area contributed by atoms with Gasteiger partial charge < -0.3 is 10.6 Å². The zero-order chi connectivity index (χ0) is 22.1. The first-order chi connectivity index (χ1) is 14.2. The van der Waals surface area contributed by atoms with Gasteiger partial charge in [-0.2, -0.15) is 0 Å². The quantitative estimate of drug-likeness (QED) is 0.557. The number of carbonyl (C=O) groups excluding carboxylic acids is 2. The standard InChI is InChI=1S/C20H21F2N3O4S/c1-23-20(27)19(15-7-8-16(21)17(22)13-15)25-18(26)9-11-24-30(28,29)12-10-14-5-3-2-4-6-14/h2-8,10,12-13,19,24H,9,11H2,1H3,(H,23,27)(H,25,26)/b12-10+. The molecule has 2 aromatic rings. The normalized spacial score (nSPS) is 12.5. The lowest BCUT2D eigenvalue weighted by Crippen LogP contribution is -2.40. The third-order valence-electron chi connectivity index (χ3n) is 3.99. The maximum absolute atomic E-state index is 13.5. The third-order valence-corrected chi connectivity index (χ3v) is 5.09. The zero-order valence-corrected chi connectivity index (χ0v) is 16.9. The zero-order valence-electron chi connectivity index (χ0n) is 16.1. The summed E-state index contributed by atoms with van der Waals surface area (Å²) in [4.78, 5) is 24.2. The van der Waals surface area contributed by atoms with E-state index in [-0.39, 0.29) is 18.5 Å². The van der Waals surface area contributed by atoms with Crippen molar-refractivity contribution < 1.29 is 26.8 Å². The van der Waals surface area contributed by atoms with E-state index in [0.29, 0.717) is 5.56 Å². The van der Waals surface area contributed by atoms with E-state index in [9.17, 15) is 26.8 Å². The van der Waals surface area contributed by atoms with E-state index in [1.54, 1.807) is 30.3 Å². The molecule has 0 saturated heterocycles. The van der Waals surface area contributed by atoms with Gasteiger partial charge in [0.25, 0.3) is 0 Å². The van der Waals surface area contributed by atoms with Gasteiger partial charge in [0.05, 0.1) is 0 Å². The molecule has 0 bridgehead atoms. The number of sulfonamides is 1. The van der Waals surface area contributed by atoms with Crippen LogP contribution in [-0.2, 0) is 19.6 Å². The van der Waals surface area contributed by atoms with Crippen molar-refractivity contribution in [2.75, 3.05) is 13.6 Å². The first-order valence-corrected chi connectivity index (χ1v) is 10.4. The molecule has 0 aliphatic heterocycles. The molecule has 0 radical (unpaired) electrons. The fraction of sp³-hybridized carbons (Fsp3) is 0.200. The minimum atomic E-state index is -3.77. The van der Waals surface area contributed by atoms with Crippen LogP contribution >= 0.6 is 0 Å². The van der Waals surface area contributed by atoms with E-state index in [4.69, 9.17) is 0 Å². The van der Waals surface area contributed by atoms with Crippen LogP contribution in [0.1, 0.15) is 23.6 Å². The van der Waals surface area contributed by atoms with Crippen LogP contribution in [0.15, 0.2) is 53.9 Å². The van der Waals surface area contributed by atoms with Crippen molar-refractivity contribution in [2.24, 2.45) is 0 Å². The van der Waals surface area contributed by atoms with Gasteiger partial charge in [0, 0.05) is 25.4 Å². The summed E-state index contributed by atoms with van der Waals surface area (Å²) in [6.07, 6.45) is 1.14. The van der Waals surface area contributed by atoms with Crippen LogP contribution in [0.25, 0.3) is 6.08 Å². The van der Waals surface area contributed by atoms with E-state index in [2.05, 4.69) is 15.4 Å². The predicted octanol–water partition coefficient (Wildman–Crippen LogP) is 1.85. The number of likely N-dealkylation sites (N-methyl/N-ethyl adjacent to an activating group) is 1. The van der Waals surface area contributed by atoms with Crippen molar-refractivity contribution >= 4 is 27.9 Å². The van der Waals surface area contributed by atoms with E-state index < -0.39 is 39.5 Å². The predicted molar refractivity (Wildman–Crippen MR) is 108 cm³/mol. The highest BCUT2D eigenvalue weighted by Crippen LogP contribution is 2.17. The first kappa shape index (κ1) is 23.2. The molecular formula is C20H21F2N3O4S. The minimum absolute atomic E-state index is 0.0491. The molecule has 0 heterocycles. The molecule has 0 aliphatic carbocycles. The number of benzene rings is 2. The van der Waals surface area contributed by atoms with Crippen molar-refractivity contribution in [1.82, 2.24) is 15.4 Å². The lowest BCUT2D eigenvalue weighted by Gasteiger charge is -2.18. The highest BCUT2D eigenvalue weighted by atomic mass is 32.2. The number of halogens is 2.